The van der Waals surface area contributed by atoms with Crippen LogP contribution in [-0.2, 0) is 27.3 Å². The number of aliphatic hydroxyl groups is 1. The Kier molecular flexibility index (Phi) is 6.99. The molecule has 0 aliphatic carbocycles. The van der Waals surface area contributed by atoms with E-state index >= 15 is 0 Å². The van der Waals surface area contributed by atoms with Gasteiger partial charge in [0, 0.05) is 12.0 Å². The van der Waals surface area contributed by atoms with E-state index in [9.17, 15) is 14.0 Å². The van der Waals surface area contributed by atoms with Gasteiger partial charge in [0.1, 0.15) is 22.6 Å². The highest BCUT2D eigenvalue weighted by Gasteiger charge is 2.40. The summed E-state index contributed by atoms with van der Waals surface area (Å²) in [6.45, 7) is 11.4. The van der Waals surface area contributed by atoms with Crippen molar-refractivity contribution >= 4 is 12.1 Å². The van der Waals surface area contributed by atoms with Gasteiger partial charge in [-0.05, 0) is 60.1 Å². The first-order valence-electron chi connectivity index (χ1n) is 8.78. The molecule has 0 aromatic heterocycles. The summed E-state index contributed by atoms with van der Waals surface area (Å²) in [6, 6.07) is 4.26. The Hall–Kier alpha value is -2.15. The molecule has 0 aliphatic heterocycles. The average Bonchev–Trinajstić information content (AvgIpc) is 2.43. The monoisotopic (exact) mass is 383 g/mol. The predicted molar refractivity (Wildman–Crippen MR) is 99.6 cm³/mol. The van der Waals surface area contributed by atoms with Crippen LogP contribution in [0.15, 0.2) is 18.2 Å². The third-order valence-electron chi connectivity index (χ3n) is 3.47. The number of ether oxygens (including phenoxy) is 2. The first kappa shape index (κ1) is 22.9. The Morgan fingerprint density at radius 1 is 1.04 bits per heavy atom. The van der Waals surface area contributed by atoms with Gasteiger partial charge in [0.15, 0.2) is 0 Å². The van der Waals surface area contributed by atoms with Crippen LogP contribution in [-0.4, -0.2) is 33.9 Å². The topological polar surface area (TPSA) is 84.9 Å². The Morgan fingerprint density at radius 2 is 1.59 bits per heavy atom. The Labute approximate surface area is 160 Å². The molecule has 1 amide bonds. The predicted octanol–water partition coefficient (Wildman–Crippen LogP) is 3.49. The van der Waals surface area contributed by atoms with Gasteiger partial charge < -0.3 is 19.9 Å². The Morgan fingerprint density at radius 3 is 2.04 bits per heavy atom. The number of amides is 1. The number of nitrogens with one attached hydrogen (secondary N) is 1. The van der Waals surface area contributed by atoms with Gasteiger partial charge in [-0.15, -0.1) is 0 Å². The molecule has 0 aliphatic rings. The van der Waals surface area contributed by atoms with Crippen molar-refractivity contribution in [2.75, 3.05) is 0 Å². The van der Waals surface area contributed by atoms with E-state index in [2.05, 4.69) is 5.32 Å². The number of carbonyl (C=O) groups excluding carboxylic acids is 2. The molecule has 27 heavy (non-hydrogen) atoms. The van der Waals surface area contributed by atoms with E-state index in [1.165, 1.54) is 19.1 Å². The zero-order valence-corrected chi connectivity index (χ0v) is 17.1. The smallest absolute Gasteiger partial charge is 0.408 e. The second kappa shape index (κ2) is 8.25. The summed E-state index contributed by atoms with van der Waals surface area (Å²) in [5, 5.41) is 11.7. The van der Waals surface area contributed by atoms with Crippen LogP contribution in [0.3, 0.4) is 0 Å². The lowest BCUT2D eigenvalue weighted by atomic mass is 9.92. The lowest BCUT2D eigenvalue weighted by molar-refractivity contribution is -0.162. The summed E-state index contributed by atoms with van der Waals surface area (Å²) in [5.74, 6) is -1.24. The number of hydrogen-bond acceptors (Lipinski definition) is 5. The lowest BCUT2D eigenvalue weighted by Crippen LogP contribution is -2.56. The molecule has 1 aromatic carbocycles. The number of halogens is 1. The van der Waals surface area contributed by atoms with Crippen LogP contribution in [0.1, 0.15) is 59.6 Å². The summed E-state index contributed by atoms with van der Waals surface area (Å²) in [7, 11) is 0. The van der Waals surface area contributed by atoms with E-state index in [1.807, 2.05) is 0 Å². The summed E-state index contributed by atoms with van der Waals surface area (Å²) in [5.41, 5.74) is -2.36. The van der Waals surface area contributed by atoms with Crippen molar-refractivity contribution in [1.82, 2.24) is 5.32 Å². The van der Waals surface area contributed by atoms with Crippen LogP contribution < -0.4 is 5.32 Å². The summed E-state index contributed by atoms with van der Waals surface area (Å²) in [6.07, 6.45) is -0.785. The third-order valence-corrected chi connectivity index (χ3v) is 3.47. The normalized spacial score (nSPS) is 14.3. The number of esters is 1. The van der Waals surface area contributed by atoms with E-state index in [0.717, 1.165) is 0 Å². The molecular weight excluding hydrogens is 353 g/mol. The summed E-state index contributed by atoms with van der Waals surface area (Å²) < 4.78 is 24.7. The molecular formula is C20H30FNO5. The maximum absolute atomic E-state index is 14.0. The van der Waals surface area contributed by atoms with Gasteiger partial charge >= 0.3 is 12.1 Å². The molecule has 1 unspecified atom stereocenters. The molecule has 1 aromatic rings. The maximum atomic E-state index is 14.0. The minimum Gasteiger partial charge on any atom is -0.458 e. The first-order valence-corrected chi connectivity index (χ1v) is 8.78. The van der Waals surface area contributed by atoms with Gasteiger partial charge in [-0.1, -0.05) is 12.1 Å². The first-order chi connectivity index (χ1) is 12.1. The fourth-order valence-electron chi connectivity index (χ4n) is 2.32. The van der Waals surface area contributed by atoms with Crippen molar-refractivity contribution in [3.8, 4) is 0 Å². The van der Waals surface area contributed by atoms with Crippen molar-refractivity contribution in [2.24, 2.45) is 0 Å². The van der Waals surface area contributed by atoms with Crippen LogP contribution in [0.25, 0.3) is 0 Å². The average molecular weight is 383 g/mol. The van der Waals surface area contributed by atoms with Gasteiger partial charge in [-0.25, -0.2) is 14.0 Å². The maximum Gasteiger partial charge on any atom is 0.408 e. The van der Waals surface area contributed by atoms with Crippen molar-refractivity contribution < 1.29 is 28.6 Å². The third kappa shape index (κ3) is 7.54. The number of rotatable bonds is 5. The summed E-state index contributed by atoms with van der Waals surface area (Å²) in [4.78, 5) is 25.0. The Balaban J connectivity index is 3.14. The molecule has 6 nitrogen and oxygen atoms in total. The van der Waals surface area contributed by atoms with Crippen molar-refractivity contribution in [3.63, 3.8) is 0 Å². The summed E-state index contributed by atoms with van der Waals surface area (Å²) >= 11 is 0. The lowest BCUT2D eigenvalue weighted by Gasteiger charge is -2.33. The van der Waals surface area contributed by atoms with Crippen molar-refractivity contribution in [2.45, 2.75) is 78.2 Å². The van der Waals surface area contributed by atoms with Gasteiger partial charge in [0.2, 0.25) is 0 Å². The van der Waals surface area contributed by atoms with Crippen LogP contribution in [0, 0.1) is 5.82 Å². The van der Waals surface area contributed by atoms with Gasteiger partial charge in [0.25, 0.3) is 0 Å². The van der Waals surface area contributed by atoms with E-state index in [1.54, 1.807) is 47.6 Å². The van der Waals surface area contributed by atoms with E-state index in [4.69, 9.17) is 14.6 Å². The molecule has 152 valence electrons. The van der Waals surface area contributed by atoms with Gasteiger partial charge in [-0.2, -0.15) is 0 Å². The largest absolute Gasteiger partial charge is 0.458 e. The molecule has 0 bridgehead atoms. The molecule has 0 radical (unpaired) electrons. The highest BCUT2D eigenvalue weighted by Crippen LogP contribution is 2.22. The van der Waals surface area contributed by atoms with Crippen LogP contribution >= 0.6 is 0 Å². The quantitative estimate of drug-likeness (QED) is 0.761. The van der Waals surface area contributed by atoms with Crippen molar-refractivity contribution in [3.05, 3.63) is 35.1 Å². The van der Waals surface area contributed by atoms with Gasteiger partial charge in [0.05, 0.1) is 6.61 Å². The van der Waals surface area contributed by atoms with Crippen LogP contribution in [0.5, 0.6) is 0 Å². The minimum absolute atomic E-state index is 0.0101. The van der Waals surface area contributed by atoms with Gasteiger partial charge in [-0.3, -0.25) is 0 Å². The highest BCUT2D eigenvalue weighted by molar-refractivity contribution is 5.86. The Bertz CT molecular complexity index is 691. The molecule has 2 N–H and O–H groups in total. The zero-order chi connectivity index (χ0) is 21.0. The van der Waals surface area contributed by atoms with Crippen molar-refractivity contribution in [1.29, 1.82) is 0 Å². The fourth-order valence-corrected chi connectivity index (χ4v) is 2.32. The molecule has 0 saturated carbocycles. The highest BCUT2D eigenvalue weighted by atomic mass is 19.1. The number of aliphatic hydroxyl groups excluding tert-OH is 1. The molecule has 0 saturated heterocycles. The number of carbonyl (C=O) groups is 2. The van der Waals surface area contributed by atoms with E-state index in [0.29, 0.717) is 5.56 Å². The fraction of sp³-hybridized carbons (Fsp3) is 0.600. The number of hydrogen-bond donors (Lipinski definition) is 2. The molecule has 7 heteroatoms. The second-order valence-electron chi connectivity index (χ2n) is 8.72. The van der Waals surface area contributed by atoms with E-state index in [-0.39, 0.29) is 12.0 Å². The molecule has 0 spiro atoms. The number of alkyl carbamates (subject to hydrolysis) is 1. The minimum atomic E-state index is -1.47. The standard InChI is InChI=1S/C20H30FNO5/c1-18(2,3)26-16(24)20(7,22-17(25)27-19(4,5)6)11-13-8-9-14(12-23)15(21)10-13/h8-10,23H,11-12H2,1-7H3,(H,22,25). The van der Waals surface area contributed by atoms with Crippen LogP contribution in [0.4, 0.5) is 9.18 Å². The molecule has 0 fully saturated rings. The molecule has 1 rings (SSSR count). The SMILES string of the molecule is CC(C)(C)OC(=O)NC(C)(Cc1ccc(CO)c(F)c1)C(=O)OC(C)(C)C. The van der Waals surface area contributed by atoms with Crippen LogP contribution in [0.2, 0.25) is 0 Å². The molecule has 1 atom stereocenters. The van der Waals surface area contributed by atoms with E-state index < -0.39 is 41.2 Å². The molecule has 0 heterocycles. The number of benzene rings is 1. The second-order valence-corrected chi connectivity index (χ2v) is 8.72. The zero-order valence-electron chi connectivity index (χ0n) is 17.1.